The Labute approximate surface area is 337 Å². The van der Waals surface area contributed by atoms with Gasteiger partial charge >= 0.3 is 6.09 Å². The van der Waals surface area contributed by atoms with E-state index in [1.807, 2.05) is 54.3 Å². The Kier molecular flexibility index (Phi) is 14.1. The number of amides is 2. The molecule has 1 saturated carbocycles. The van der Waals surface area contributed by atoms with Crippen molar-refractivity contribution in [3.8, 4) is 11.5 Å². The second kappa shape index (κ2) is 19.2. The first-order chi connectivity index (χ1) is 27.5. The molecule has 0 aromatic heterocycles. The zero-order valence-corrected chi connectivity index (χ0v) is 33.2. The molecule has 3 aromatic carbocycles. The third-order valence-electron chi connectivity index (χ3n) is 10.2. The fourth-order valence-electron chi connectivity index (χ4n) is 7.26. The number of methoxy groups -OCH3 is 1. The molecule has 1 aliphatic carbocycles. The minimum absolute atomic E-state index is 0.0131. The van der Waals surface area contributed by atoms with Gasteiger partial charge in [0.2, 0.25) is 0 Å². The number of hydrogen-bond donors (Lipinski definition) is 0. The molecule has 57 heavy (non-hydrogen) atoms. The van der Waals surface area contributed by atoms with E-state index in [9.17, 15) is 28.2 Å². The lowest BCUT2D eigenvalue weighted by atomic mass is 9.84. The summed E-state index contributed by atoms with van der Waals surface area (Å²) in [5.74, 6) is -1.12. The molecule has 2 amide bonds. The highest BCUT2D eigenvalue weighted by molar-refractivity contribution is 7.91. The van der Waals surface area contributed by atoms with Crippen LogP contribution in [0.3, 0.4) is 0 Å². The number of rotatable bonds is 18. The summed E-state index contributed by atoms with van der Waals surface area (Å²) in [5, 5.41) is 9.05. The van der Waals surface area contributed by atoms with E-state index in [1.54, 1.807) is 7.11 Å². The molecule has 306 valence electrons. The van der Waals surface area contributed by atoms with E-state index < -0.39 is 51.1 Å². The number of carbonyl (C=O) groups is 2. The van der Waals surface area contributed by atoms with Crippen molar-refractivity contribution >= 4 is 40.4 Å². The van der Waals surface area contributed by atoms with Crippen molar-refractivity contribution in [2.75, 3.05) is 51.6 Å². The number of aryl methyl sites for hydroxylation is 1. The summed E-state index contributed by atoms with van der Waals surface area (Å²) in [7, 11) is 1.60. The molecule has 0 radical (unpaired) electrons. The highest BCUT2D eigenvalue weighted by Crippen LogP contribution is 2.42. The van der Waals surface area contributed by atoms with Crippen LogP contribution in [-0.4, -0.2) is 101 Å². The van der Waals surface area contributed by atoms with Gasteiger partial charge in [0.1, 0.15) is 47.4 Å². The van der Waals surface area contributed by atoms with E-state index in [0.717, 1.165) is 52.8 Å². The maximum absolute atomic E-state index is 15.1. The molecule has 2 aliphatic heterocycles. The summed E-state index contributed by atoms with van der Waals surface area (Å²) in [4.78, 5) is 46.8. The minimum atomic E-state index is -1.32. The van der Waals surface area contributed by atoms with Crippen molar-refractivity contribution in [1.82, 2.24) is 9.80 Å². The number of carbonyl (C=O) groups excluding carboxylic acids is 2. The predicted octanol–water partition coefficient (Wildman–Crippen LogP) is 6.46. The molecule has 6 rings (SSSR count). The molecule has 3 aromatic rings. The molecule has 0 N–H and O–H groups in total. The van der Waals surface area contributed by atoms with Crippen LogP contribution in [0.15, 0.2) is 60.2 Å². The highest BCUT2D eigenvalue weighted by atomic mass is 35.5. The SMILES string of the molecule is COc1cccc(CN(C(=O)C2=C(c3ccc(CCCOc4c(F)ccc(F)c4Cl)cc3)CC3C[S+]([O-])CC2N3C(=O)OCCOCCO[N+](=O)[O-])C2CC2)c1C. The molecule has 3 unspecified atom stereocenters. The third kappa shape index (κ3) is 10.3. The lowest BCUT2D eigenvalue weighted by Gasteiger charge is -2.47. The molecular weight excluding hydrogens is 788 g/mol. The molecular formula is C40H44ClF2N3O10S. The van der Waals surface area contributed by atoms with Gasteiger partial charge in [-0.05, 0) is 96.2 Å². The molecule has 13 nitrogen and oxygen atoms in total. The van der Waals surface area contributed by atoms with Crippen molar-refractivity contribution in [2.45, 2.75) is 63.7 Å². The van der Waals surface area contributed by atoms with Crippen molar-refractivity contribution in [3.63, 3.8) is 0 Å². The minimum Gasteiger partial charge on any atom is -0.616 e. The first-order valence-corrected chi connectivity index (χ1v) is 20.5. The summed E-state index contributed by atoms with van der Waals surface area (Å²) in [6.45, 7) is 1.85. The summed E-state index contributed by atoms with van der Waals surface area (Å²) in [6.07, 6.45) is 2.29. The Morgan fingerprint density at radius 1 is 1.00 bits per heavy atom. The predicted molar refractivity (Wildman–Crippen MR) is 207 cm³/mol. The maximum Gasteiger partial charge on any atom is 0.410 e. The Hall–Kier alpha value is -4.64. The first-order valence-electron chi connectivity index (χ1n) is 18.6. The molecule has 17 heteroatoms. The van der Waals surface area contributed by atoms with Gasteiger partial charge in [-0.25, -0.2) is 13.6 Å². The maximum atomic E-state index is 15.1. The van der Waals surface area contributed by atoms with Crippen molar-refractivity contribution in [3.05, 3.63) is 109 Å². The van der Waals surface area contributed by atoms with Crippen molar-refractivity contribution < 1.29 is 51.8 Å². The van der Waals surface area contributed by atoms with Crippen LogP contribution in [0.25, 0.3) is 5.57 Å². The monoisotopic (exact) mass is 831 g/mol. The normalized spacial score (nSPS) is 18.9. The van der Waals surface area contributed by atoms with Crippen LogP contribution in [0.4, 0.5) is 13.6 Å². The second-order valence-corrected chi connectivity index (χ2v) is 15.9. The van der Waals surface area contributed by atoms with Gasteiger partial charge < -0.3 is 33.2 Å². The largest absolute Gasteiger partial charge is 0.616 e. The summed E-state index contributed by atoms with van der Waals surface area (Å²) in [5.41, 5.74) is 4.74. The molecule has 0 spiro atoms. The topological polar surface area (TPSA) is 153 Å². The van der Waals surface area contributed by atoms with Crippen LogP contribution in [0.1, 0.15) is 47.9 Å². The van der Waals surface area contributed by atoms with Gasteiger partial charge in [-0.2, -0.15) is 0 Å². The van der Waals surface area contributed by atoms with E-state index >= 15 is 4.79 Å². The third-order valence-corrected chi connectivity index (χ3v) is 12.0. The zero-order chi connectivity index (χ0) is 40.6. The van der Waals surface area contributed by atoms with E-state index in [2.05, 4.69) is 4.84 Å². The van der Waals surface area contributed by atoms with Crippen LogP contribution < -0.4 is 9.47 Å². The molecule has 2 fully saturated rings. The van der Waals surface area contributed by atoms with Gasteiger partial charge in [0.15, 0.2) is 11.6 Å². The van der Waals surface area contributed by atoms with Crippen LogP contribution in [0, 0.1) is 28.7 Å². The van der Waals surface area contributed by atoms with Gasteiger partial charge in [-0.15, -0.1) is 10.1 Å². The van der Waals surface area contributed by atoms with E-state index in [0.29, 0.717) is 30.7 Å². The van der Waals surface area contributed by atoms with Gasteiger partial charge in [0.05, 0.1) is 33.0 Å². The molecule has 3 aliphatic rings. The molecule has 3 atom stereocenters. The average Bonchev–Trinajstić information content (AvgIpc) is 4.03. The lowest BCUT2D eigenvalue weighted by molar-refractivity contribution is -0.758. The molecule has 2 bridgehead atoms. The van der Waals surface area contributed by atoms with Crippen LogP contribution in [0.5, 0.6) is 11.5 Å². The fraction of sp³-hybridized carbons (Fsp3) is 0.450. The van der Waals surface area contributed by atoms with Crippen molar-refractivity contribution in [2.24, 2.45) is 0 Å². The van der Waals surface area contributed by atoms with E-state index in [4.69, 9.17) is 30.5 Å². The van der Waals surface area contributed by atoms with Gasteiger partial charge in [-0.3, -0.25) is 9.69 Å². The first kappa shape index (κ1) is 42.0. The molecule has 2 heterocycles. The van der Waals surface area contributed by atoms with Gasteiger partial charge in [-0.1, -0.05) is 48.0 Å². The Balaban J connectivity index is 1.25. The van der Waals surface area contributed by atoms with Gasteiger partial charge in [0, 0.05) is 18.2 Å². The van der Waals surface area contributed by atoms with E-state index in [1.165, 1.54) is 4.90 Å². The number of nitrogens with zero attached hydrogens (tertiary/aromatic N) is 3. The lowest BCUT2D eigenvalue weighted by Crippen LogP contribution is -2.61. The number of ether oxygens (including phenoxy) is 4. The van der Waals surface area contributed by atoms with Crippen LogP contribution in [0.2, 0.25) is 5.02 Å². The molecule has 1 saturated heterocycles. The highest BCUT2D eigenvalue weighted by Gasteiger charge is 2.51. The summed E-state index contributed by atoms with van der Waals surface area (Å²) in [6, 6.07) is 14.0. The Bertz CT molecular complexity index is 1970. The standard InChI is InChI=1S/C40H44ClF2N3O10S/c1-25-28(6-3-7-35(25)52-2)22-44(29-12-13-29)39(47)36-31(27-10-8-26(9-11-27)5-4-16-54-38-33(43)15-14-32(42)37(38)41)21-30-23-57(51)24-34(36)45(30)40(48)55-19-17-53-18-20-56-46(49)50/h3,6-11,14-15,29-30,34H,4-5,12-13,16-24H2,1-2H3. The summed E-state index contributed by atoms with van der Waals surface area (Å²) < 4.78 is 63.2. The number of halogens is 3. The second-order valence-electron chi connectivity index (χ2n) is 14.0. The summed E-state index contributed by atoms with van der Waals surface area (Å²) >= 11 is 4.57. The quantitative estimate of drug-likeness (QED) is 0.0459. The zero-order valence-electron chi connectivity index (χ0n) is 31.6. The number of benzene rings is 3. The number of fused-ring (bicyclic) bond motifs is 2. The fourth-order valence-corrected chi connectivity index (χ4v) is 9.00. The van der Waals surface area contributed by atoms with Crippen LogP contribution >= 0.6 is 11.6 Å². The Morgan fingerprint density at radius 2 is 1.74 bits per heavy atom. The van der Waals surface area contributed by atoms with Gasteiger partial charge in [0.25, 0.3) is 11.0 Å². The number of hydrogen-bond acceptors (Lipinski definition) is 10. The van der Waals surface area contributed by atoms with Crippen molar-refractivity contribution in [1.29, 1.82) is 0 Å². The van der Waals surface area contributed by atoms with Crippen LogP contribution in [-0.2, 0) is 43.2 Å². The average molecular weight is 832 g/mol. The smallest absolute Gasteiger partial charge is 0.410 e. The Morgan fingerprint density at radius 3 is 2.46 bits per heavy atom. The van der Waals surface area contributed by atoms with E-state index in [-0.39, 0.29) is 68.7 Å².